The fourth-order valence-electron chi connectivity index (χ4n) is 5.18. The van der Waals surface area contributed by atoms with Crippen LogP contribution in [0.25, 0.3) is 0 Å². The Morgan fingerprint density at radius 3 is 2.41 bits per heavy atom. The largest absolute Gasteiger partial charge is 0.363 e. The second kappa shape index (κ2) is 9.10. The van der Waals surface area contributed by atoms with Crippen LogP contribution in [0.1, 0.15) is 85.7 Å². The van der Waals surface area contributed by atoms with E-state index in [1.54, 1.807) is 0 Å². The van der Waals surface area contributed by atoms with Crippen molar-refractivity contribution in [2.45, 2.75) is 77.9 Å². The molecular formula is C28H35ClN4O. The first-order chi connectivity index (χ1) is 16.1. The van der Waals surface area contributed by atoms with E-state index in [2.05, 4.69) is 69.5 Å². The van der Waals surface area contributed by atoms with Crippen molar-refractivity contribution in [1.29, 1.82) is 0 Å². The van der Waals surface area contributed by atoms with E-state index in [0.29, 0.717) is 5.56 Å². The first-order valence-electron chi connectivity index (χ1n) is 12.1. The molecule has 5 nitrogen and oxygen atoms in total. The first kappa shape index (κ1) is 24.3. The number of carbonyl (C=O) groups excluding carboxylic acids is 1. The molecule has 1 atom stereocenters. The van der Waals surface area contributed by atoms with Gasteiger partial charge in [-0.1, -0.05) is 73.5 Å². The zero-order valence-electron chi connectivity index (χ0n) is 21.0. The van der Waals surface area contributed by atoms with Gasteiger partial charge in [0.05, 0.1) is 22.8 Å². The first-order valence-corrected chi connectivity index (χ1v) is 12.5. The van der Waals surface area contributed by atoms with Crippen LogP contribution in [0.3, 0.4) is 0 Å². The molecule has 3 aromatic rings. The van der Waals surface area contributed by atoms with Crippen molar-refractivity contribution in [3.63, 3.8) is 0 Å². The highest BCUT2D eigenvalue weighted by Gasteiger charge is 2.40. The molecule has 0 unspecified atom stereocenters. The van der Waals surface area contributed by atoms with Gasteiger partial charge in [-0.15, -0.1) is 0 Å². The Hall–Kier alpha value is -2.79. The zero-order chi connectivity index (χ0) is 24.7. The van der Waals surface area contributed by atoms with Gasteiger partial charge in [0.15, 0.2) is 0 Å². The molecule has 0 bridgehead atoms. The van der Waals surface area contributed by atoms with Crippen molar-refractivity contribution in [3.05, 3.63) is 81.5 Å². The van der Waals surface area contributed by atoms with Gasteiger partial charge in [0.2, 0.25) is 0 Å². The summed E-state index contributed by atoms with van der Waals surface area (Å²) in [6.45, 7) is 12.5. The van der Waals surface area contributed by atoms with Gasteiger partial charge >= 0.3 is 0 Å². The molecule has 0 radical (unpaired) electrons. The van der Waals surface area contributed by atoms with Crippen molar-refractivity contribution in [2.75, 3.05) is 5.32 Å². The Morgan fingerprint density at radius 2 is 1.79 bits per heavy atom. The van der Waals surface area contributed by atoms with Gasteiger partial charge in [-0.2, -0.15) is 5.10 Å². The fourth-order valence-corrected chi connectivity index (χ4v) is 5.44. The average molecular weight is 479 g/mol. The second-order valence-electron chi connectivity index (χ2n) is 10.1. The molecule has 2 aromatic carbocycles. The third-order valence-corrected chi connectivity index (χ3v) is 7.66. The monoisotopic (exact) mass is 478 g/mol. The smallest absolute Gasteiger partial charge is 0.257 e. The van der Waals surface area contributed by atoms with E-state index in [9.17, 15) is 4.79 Å². The zero-order valence-corrected chi connectivity index (χ0v) is 21.8. The number of fused-ring (bicyclic) bond motifs is 1. The number of rotatable bonds is 6. The summed E-state index contributed by atoms with van der Waals surface area (Å²) in [4.78, 5) is 13.9. The summed E-state index contributed by atoms with van der Waals surface area (Å²) in [5, 5.41) is 12.5. The lowest BCUT2D eigenvalue weighted by molar-refractivity contribution is 0.0889. The number of aryl methyl sites for hydroxylation is 2. The maximum atomic E-state index is 13.9. The maximum Gasteiger partial charge on any atom is 0.257 e. The minimum absolute atomic E-state index is 0.0157. The van der Waals surface area contributed by atoms with Gasteiger partial charge < -0.3 is 10.6 Å². The number of anilines is 1. The molecule has 0 spiro atoms. The highest BCUT2D eigenvalue weighted by atomic mass is 35.5. The van der Waals surface area contributed by atoms with Gasteiger partial charge in [0, 0.05) is 5.02 Å². The summed E-state index contributed by atoms with van der Waals surface area (Å²) in [5.41, 5.74) is 3.95. The molecule has 2 N–H and O–H groups in total. The lowest BCUT2D eigenvalue weighted by Crippen LogP contribution is -2.45. The molecule has 4 rings (SSSR count). The summed E-state index contributed by atoms with van der Waals surface area (Å²) in [6, 6.07) is 16.3. The Bertz CT molecular complexity index is 1190. The molecule has 0 saturated heterocycles. The van der Waals surface area contributed by atoms with E-state index in [0.717, 1.165) is 46.9 Å². The molecule has 34 heavy (non-hydrogen) atoms. The van der Waals surface area contributed by atoms with E-state index in [-0.39, 0.29) is 17.5 Å². The Morgan fingerprint density at radius 1 is 1.15 bits per heavy atom. The summed E-state index contributed by atoms with van der Waals surface area (Å²) >= 11 is 6.55. The van der Waals surface area contributed by atoms with Gasteiger partial charge in [-0.3, -0.25) is 4.79 Å². The standard InChI is InChI=1S/C28H35ClN4O/c1-7-28(8-2,20-15-13-18(3)14-16-20)31-26(34)24-19(4)32-33-25(24)30-23(17-27(33,5)6)21-11-9-10-12-22(21)29/h9-16,23,30H,7-8,17H2,1-6H3,(H,31,34)/t23-/m1/s1. The van der Waals surface area contributed by atoms with Gasteiger partial charge in [-0.05, 0) is 64.2 Å². The summed E-state index contributed by atoms with van der Waals surface area (Å²) in [6.07, 6.45) is 2.40. The highest BCUT2D eigenvalue weighted by molar-refractivity contribution is 6.31. The number of amides is 1. The van der Waals surface area contributed by atoms with Crippen LogP contribution in [-0.4, -0.2) is 15.7 Å². The van der Waals surface area contributed by atoms with Crippen molar-refractivity contribution in [1.82, 2.24) is 15.1 Å². The molecule has 0 saturated carbocycles. The van der Waals surface area contributed by atoms with Crippen LogP contribution in [0.5, 0.6) is 0 Å². The number of halogens is 1. The third-order valence-electron chi connectivity index (χ3n) is 7.32. The number of hydrogen-bond donors (Lipinski definition) is 2. The van der Waals surface area contributed by atoms with Gasteiger partial charge in [-0.25, -0.2) is 4.68 Å². The van der Waals surface area contributed by atoms with Gasteiger partial charge in [0.1, 0.15) is 11.4 Å². The molecule has 6 heteroatoms. The topological polar surface area (TPSA) is 59.0 Å². The van der Waals surface area contributed by atoms with E-state index < -0.39 is 5.54 Å². The molecule has 1 aromatic heterocycles. The molecule has 1 aliphatic heterocycles. The molecule has 0 aliphatic carbocycles. The molecule has 0 fully saturated rings. The maximum absolute atomic E-state index is 13.9. The number of nitrogens with one attached hydrogen (secondary N) is 2. The molecule has 2 heterocycles. The van der Waals surface area contributed by atoms with E-state index in [4.69, 9.17) is 16.7 Å². The third kappa shape index (κ3) is 4.22. The number of nitrogens with zero attached hydrogens (tertiary/aromatic N) is 2. The Kier molecular flexibility index (Phi) is 6.52. The van der Waals surface area contributed by atoms with Crippen LogP contribution in [-0.2, 0) is 11.1 Å². The minimum Gasteiger partial charge on any atom is -0.363 e. The van der Waals surface area contributed by atoms with Crippen LogP contribution in [0.4, 0.5) is 5.82 Å². The van der Waals surface area contributed by atoms with Crippen LogP contribution in [0, 0.1) is 13.8 Å². The minimum atomic E-state index is -0.446. The summed E-state index contributed by atoms with van der Waals surface area (Å²) < 4.78 is 1.97. The fraction of sp³-hybridized carbons (Fsp3) is 0.429. The molecular weight excluding hydrogens is 444 g/mol. The van der Waals surface area contributed by atoms with E-state index in [1.165, 1.54) is 5.56 Å². The van der Waals surface area contributed by atoms with Crippen LogP contribution < -0.4 is 10.6 Å². The van der Waals surface area contributed by atoms with Crippen LogP contribution in [0.2, 0.25) is 5.02 Å². The number of aromatic nitrogens is 2. The van der Waals surface area contributed by atoms with Crippen molar-refractivity contribution >= 4 is 23.3 Å². The lowest BCUT2D eigenvalue weighted by atomic mass is 9.84. The SMILES string of the molecule is CCC(CC)(NC(=O)c1c(C)nn2c1N[C@@H](c1ccccc1Cl)CC2(C)C)c1ccc(C)cc1. The number of hydrogen-bond acceptors (Lipinski definition) is 3. The normalized spacial score (nSPS) is 17.1. The van der Waals surface area contributed by atoms with Gasteiger partial charge in [0.25, 0.3) is 5.91 Å². The van der Waals surface area contributed by atoms with E-state index >= 15 is 0 Å². The summed E-state index contributed by atoms with van der Waals surface area (Å²) in [5.74, 6) is 0.646. The second-order valence-corrected chi connectivity index (χ2v) is 10.5. The van der Waals surface area contributed by atoms with E-state index in [1.807, 2.05) is 35.9 Å². The van der Waals surface area contributed by atoms with Crippen molar-refractivity contribution < 1.29 is 4.79 Å². The highest BCUT2D eigenvalue weighted by Crippen LogP contribution is 2.42. The number of benzene rings is 2. The molecule has 180 valence electrons. The summed E-state index contributed by atoms with van der Waals surface area (Å²) in [7, 11) is 0. The predicted molar refractivity (Wildman–Crippen MR) is 140 cm³/mol. The molecule has 1 aliphatic rings. The average Bonchev–Trinajstić information content (AvgIpc) is 3.15. The predicted octanol–water partition coefficient (Wildman–Crippen LogP) is 6.89. The van der Waals surface area contributed by atoms with Crippen molar-refractivity contribution in [2.24, 2.45) is 0 Å². The van der Waals surface area contributed by atoms with Crippen LogP contribution in [0.15, 0.2) is 48.5 Å². The molecule has 1 amide bonds. The van der Waals surface area contributed by atoms with Crippen molar-refractivity contribution in [3.8, 4) is 0 Å². The van der Waals surface area contributed by atoms with Crippen LogP contribution >= 0.6 is 11.6 Å². The quantitative estimate of drug-likeness (QED) is 0.405. The lowest BCUT2D eigenvalue weighted by Gasteiger charge is -2.39. The Labute approximate surface area is 207 Å². The Balaban J connectivity index is 1.74. The number of carbonyl (C=O) groups is 1.